The number of piperidine rings is 1. The molecule has 3 heterocycles. The molecule has 14 heteroatoms. The number of carbonyl (C=O) groups excluding carboxylic acids is 5. The molecule has 2 unspecified atom stereocenters. The Morgan fingerprint density at radius 2 is 1.59 bits per heavy atom. The minimum Gasteiger partial charge on any atom is -0.460 e. The van der Waals surface area contributed by atoms with E-state index in [-0.39, 0.29) is 54.8 Å². The standard InChI is InChI=1S/C52H81NO13/c1-11-37-18-14-12-13-17-31(2)43(62-8)29-39-22-20-36(7)52(61,66-39)49(58)50(59)53-24-16-15-19-40(53)51(60)65-44(33(4)26-38-21-23-41(54)45(28-38)63-9)30-42(55)32(3)25-34(5)46(56)48(64-10)47(57)35(6)27-37/h12-14,17-18,25,32-33,35-41,43-46,48,54,56,61H,11,15-16,19-24,26-30H2,1-10H3/b13-12?,18-14-,31-17?,34-25-/t32-,33?,35-,36-,37-,38?,39-,40+,41-,43+,44-,45-,46-,48-,52-/m1/s1. The van der Waals surface area contributed by atoms with E-state index in [4.69, 9.17) is 23.7 Å². The Labute approximate surface area is 393 Å². The number of fused-ring (bicyclic) bond motifs is 3. The number of esters is 1. The summed E-state index contributed by atoms with van der Waals surface area (Å²) in [4.78, 5) is 72.0. The fraction of sp³-hybridized carbons (Fsp3) is 0.750. The van der Waals surface area contributed by atoms with Crippen LogP contribution in [0.4, 0.5) is 0 Å². The molecule has 3 aliphatic heterocycles. The molecule has 1 amide bonds. The number of Topliss-reactive ketones (excluding diaryl/α,β-unsaturated/α-hetero) is 3. The predicted molar refractivity (Wildman–Crippen MR) is 250 cm³/mol. The van der Waals surface area contributed by atoms with Crippen molar-refractivity contribution in [2.45, 2.75) is 186 Å². The van der Waals surface area contributed by atoms with Gasteiger partial charge in [0.15, 0.2) is 5.78 Å². The molecule has 0 aromatic heterocycles. The number of nitrogens with zero attached hydrogens (tertiary/aromatic N) is 1. The van der Waals surface area contributed by atoms with Crippen molar-refractivity contribution in [2.75, 3.05) is 27.9 Å². The van der Waals surface area contributed by atoms with E-state index in [9.17, 15) is 39.3 Å². The van der Waals surface area contributed by atoms with E-state index in [1.165, 1.54) is 12.0 Å². The van der Waals surface area contributed by atoms with Crippen LogP contribution in [-0.2, 0) is 47.7 Å². The van der Waals surface area contributed by atoms with Crippen molar-refractivity contribution in [3.8, 4) is 0 Å². The van der Waals surface area contributed by atoms with E-state index < -0.39 is 83.9 Å². The number of aliphatic hydroxyl groups excluding tert-OH is 2. The number of aliphatic hydroxyl groups is 3. The lowest BCUT2D eigenvalue weighted by molar-refractivity contribution is -0.265. The van der Waals surface area contributed by atoms with Crippen LogP contribution in [0.15, 0.2) is 47.6 Å². The van der Waals surface area contributed by atoms with E-state index in [1.54, 1.807) is 41.1 Å². The first-order valence-corrected chi connectivity index (χ1v) is 24.5. The van der Waals surface area contributed by atoms with Crippen molar-refractivity contribution in [1.82, 2.24) is 4.90 Å². The predicted octanol–water partition coefficient (Wildman–Crippen LogP) is 6.57. The lowest BCUT2D eigenvalue weighted by Crippen LogP contribution is -2.61. The van der Waals surface area contributed by atoms with E-state index in [1.807, 2.05) is 45.1 Å². The Morgan fingerprint density at radius 1 is 0.864 bits per heavy atom. The highest BCUT2D eigenvalue weighted by Crippen LogP contribution is 2.38. The van der Waals surface area contributed by atoms with Gasteiger partial charge in [-0.15, -0.1) is 0 Å². The SMILES string of the molecule is CC[C@@H]1/C=C\C=CC=C(C)[C@@H](OC)C[C@H]2CC[C@@H](C)[C@@](O)(O2)C(=O)C(=O)N2CCCC[C@H]2C(=O)O[C@@H](C(C)CC2CC[C@@H](O)[C@H](OC)C2)CC(=O)[C@H](C)/C=C(/C)[C@@H](O)[C@@H](OC)C(=O)[C@H](C)C1. The first kappa shape index (κ1) is 55.2. The summed E-state index contributed by atoms with van der Waals surface area (Å²) < 4.78 is 29.4. The Balaban J connectivity index is 1.71. The molecule has 4 aliphatic rings. The third kappa shape index (κ3) is 14.3. The van der Waals surface area contributed by atoms with E-state index in [0.717, 1.165) is 18.4 Å². The second-order valence-electron chi connectivity index (χ2n) is 19.8. The summed E-state index contributed by atoms with van der Waals surface area (Å²) in [5, 5.41) is 33.9. The van der Waals surface area contributed by atoms with Crippen molar-refractivity contribution in [3.05, 3.63) is 47.6 Å². The van der Waals surface area contributed by atoms with Crippen molar-refractivity contribution in [1.29, 1.82) is 0 Å². The van der Waals surface area contributed by atoms with Crippen LogP contribution in [0, 0.1) is 35.5 Å². The molecule has 15 atom stereocenters. The Morgan fingerprint density at radius 3 is 2.26 bits per heavy atom. The molecule has 2 bridgehead atoms. The first-order valence-electron chi connectivity index (χ1n) is 24.5. The molecule has 14 nitrogen and oxygen atoms in total. The monoisotopic (exact) mass is 928 g/mol. The minimum absolute atomic E-state index is 0.0702. The number of methoxy groups -OCH3 is 3. The maximum Gasteiger partial charge on any atom is 0.329 e. The number of ketones is 3. The molecule has 66 heavy (non-hydrogen) atoms. The Kier molecular flexibility index (Phi) is 21.6. The molecule has 2 saturated heterocycles. The smallest absolute Gasteiger partial charge is 0.329 e. The summed E-state index contributed by atoms with van der Waals surface area (Å²) in [7, 11) is 4.53. The van der Waals surface area contributed by atoms with Crippen LogP contribution in [0.25, 0.3) is 0 Å². The van der Waals surface area contributed by atoms with Crippen LogP contribution in [0.2, 0.25) is 0 Å². The number of hydrogen-bond acceptors (Lipinski definition) is 13. The molecule has 0 radical (unpaired) electrons. The van der Waals surface area contributed by atoms with Gasteiger partial charge in [-0.1, -0.05) is 71.1 Å². The fourth-order valence-electron chi connectivity index (χ4n) is 10.3. The Bertz CT molecular complexity index is 1770. The minimum atomic E-state index is -2.43. The van der Waals surface area contributed by atoms with E-state index >= 15 is 0 Å². The zero-order valence-electron chi connectivity index (χ0n) is 41.3. The van der Waals surface area contributed by atoms with Gasteiger partial charge < -0.3 is 43.9 Å². The van der Waals surface area contributed by atoms with Gasteiger partial charge in [0.1, 0.15) is 30.1 Å². The maximum atomic E-state index is 14.4. The summed E-state index contributed by atoms with van der Waals surface area (Å²) in [6.45, 7) is 12.8. The van der Waals surface area contributed by atoms with Gasteiger partial charge in [-0.3, -0.25) is 19.2 Å². The highest BCUT2D eigenvalue weighted by Gasteiger charge is 2.53. The third-order valence-corrected chi connectivity index (χ3v) is 14.9. The van der Waals surface area contributed by atoms with Crippen molar-refractivity contribution < 1.29 is 63.0 Å². The Hall–Kier alpha value is -3.37. The molecule has 1 aliphatic carbocycles. The second kappa shape index (κ2) is 25.8. The second-order valence-corrected chi connectivity index (χ2v) is 19.8. The number of hydrogen-bond donors (Lipinski definition) is 3. The molecule has 0 aromatic rings. The number of amides is 1. The number of ether oxygens (including phenoxy) is 5. The summed E-state index contributed by atoms with van der Waals surface area (Å²) in [6.07, 6.45) is 12.1. The van der Waals surface area contributed by atoms with Crippen LogP contribution in [0.5, 0.6) is 0 Å². The first-order chi connectivity index (χ1) is 31.3. The van der Waals surface area contributed by atoms with E-state index in [0.29, 0.717) is 63.4 Å². The number of cyclic esters (lactones) is 1. The molecule has 3 fully saturated rings. The average Bonchev–Trinajstić information content (AvgIpc) is 3.30. The third-order valence-electron chi connectivity index (χ3n) is 14.9. The van der Waals surface area contributed by atoms with Gasteiger partial charge in [-0.25, -0.2) is 4.79 Å². The largest absolute Gasteiger partial charge is 0.460 e. The maximum absolute atomic E-state index is 14.4. The quantitative estimate of drug-likeness (QED) is 0.141. The lowest BCUT2D eigenvalue weighted by Gasteiger charge is -2.42. The van der Waals surface area contributed by atoms with Crippen LogP contribution in [-0.4, -0.2) is 132 Å². The number of carbonyl (C=O) groups is 5. The number of allylic oxidation sites excluding steroid dienone is 6. The van der Waals surface area contributed by atoms with Gasteiger partial charge in [0, 0.05) is 58.5 Å². The van der Waals surface area contributed by atoms with Crippen LogP contribution >= 0.6 is 0 Å². The van der Waals surface area contributed by atoms with Crippen LogP contribution < -0.4 is 0 Å². The molecule has 4 rings (SSSR count). The van der Waals surface area contributed by atoms with Gasteiger partial charge in [0.25, 0.3) is 11.7 Å². The topological polar surface area (TPSA) is 195 Å². The van der Waals surface area contributed by atoms with Gasteiger partial charge in [-0.2, -0.15) is 0 Å². The van der Waals surface area contributed by atoms with Crippen molar-refractivity contribution in [2.24, 2.45) is 35.5 Å². The molecular formula is C52H81NO13. The summed E-state index contributed by atoms with van der Waals surface area (Å²) >= 11 is 0. The fourth-order valence-corrected chi connectivity index (χ4v) is 10.3. The van der Waals surface area contributed by atoms with Crippen LogP contribution in [0.3, 0.4) is 0 Å². The molecule has 1 saturated carbocycles. The summed E-state index contributed by atoms with van der Waals surface area (Å²) in [6, 6.07) is -1.14. The van der Waals surface area contributed by atoms with Gasteiger partial charge >= 0.3 is 5.97 Å². The zero-order chi connectivity index (χ0) is 48.9. The molecule has 0 aromatic carbocycles. The van der Waals surface area contributed by atoms with Gasteiger partial charge in [0.05, 0.1) is 24.4 Å². The van der Waals surface area contributed by atoms with Crippen LogP contribution in [0.1, 0.15) is 132 Å². The van der Waals surface area contributed by atoms with Gasteiger partial charge in [-0.05, 0) is 113 Å². The molecular weight excluding hydrogens is 847 g/mol. The molecule has 372 valence electrons. The highest BCUT2D eigenvalue weighted by atomic mass is 16.6. The molecule has 3 N–H and O–H groups in total. The molecule has 0 spiro atoms. The van der Waals surface area contributed by atoms with Crippen molar-refractivity contribution >= 4 is 29.2 Å². The van der Waals surface area contributed by atoms with E-state index in [2.05, 4.69) is 13.0 Å². The highest BCUT2D eigenvalue weighted by molar-refractivity contribution is 6.39. The zero-order valence-corrected chi connectivity index (χ0v) is 41.3. The lowest BCUT2D eigenvalue weighted by atomic mass is 9.78. The number of rotatable bonds is 7. The average molecular weight is 928 g/mol. The van der Waals surface area contributed by atoms with Gasteiger partial charge in [0.2, 0.25) is 5.79 Å². The van der Waals surface area contributed by atoms with Crippen molar-refractivity contribution in [3.63, 3.8) is 0 Å². The summed E-state index contributed by atoms with van der Waals surface area (Å²) in [5.41, 5.74) is 1.27. The summed E-state index contributed by atoms with van der Waals surface area (Å²) in [5.74, 6) is -7.89. The normalized spacial score (nSPS) is 38.7.